The lowest BCUT2D eigenvalue weighted by atomic mass is 9.59. The number of aliphatic carboxylic acids is 1. The van der Waals surface area contributed by atoms with Crippen molar-refractivity contribution in [3.8, 4) is 22.8 Å². The van der Waals surface area contributed by atoms with E-state index in [0.717, 1.165) is 60.6 Å². The number of nitrogens with zero attached hydrogens (tertiary/aromatic N) is 5. The van der Waals surface area contributed by atoms with Crippen molar-refractivity contribution < 1.29 is 24.2 Å². The highest BCUT2D eigenvalue weighted by Crippen LogP contribution is 2.56. The summed E-state index contributed by atoms with van der Waals surface area (Å²) < 4.78 is 12.2. The molecule has 4 aliphatic rings. The van der Waals surface area contributed by atoms with E-state index in [4.69, 9.17) is 26.1 Å². The molecule has 3 aliphatic carbocycles. The van der Waals surface area contributed by atoms with Gasteiger partial charge in [-0.15, -0.1) is 0 Å². The highest BCUT2D eigenvalue weighted by molar-refractivity contribution is 6.30. The Balaban J connectivity index is 0.939. The minimum absolute atomic E-state index is 0.00901. The Morgan fingerprint density at radius 3 is 2.51 bits per heavy atom. The lowest BCUT2D eigenvalue weighted by Crippen LogP contribution is -2.53. The normalized spacial score (nSPS) is 23.4. The van der Waals surface area contributed by atoms with Crippen molar-refractivity contribution >= 4 is 35.1 Å². The van der Waals surface area contributed by atoms with Gasteiger partial charge < -0.3 is 29.7 Å². The number of carbonyl (C=O) groups excluding carboxylic acids is 1. The van der Waals surface area contributed by atoms with Gasteiger partial charge in [-0.2, -0.15) is 0 Å². The standard InChI is InChI=1S/C51H57ClN6O5/c1-33(32-63-45-17-23-53-43-12-6-8-34(2)46(43)45)28-37-29-35-14-15-36(30-41(35)50(37)18-20-51(21-19-50,48(60)61)56-39-10-7-9-38(52)31-39)47(59)57-24-26-58(27-25-57)49-54-22-16-42(55-49)40-11-4-5-13-44(40)62-3/h4-5,7,9-11,13-17,22-23,30-31,33-34,37,56H,6,8,12,18-21,24-29,32H2,1-3H3,(H,60,61)/t33-,34-,37+,50?,51?/m1/s1. The third kappa shape index (κ3) is 8.44. The average Bonchev–Trinajstić information content (AvgIpc) is 3.59. The van der Waals surface area contributed by atoms with Gasteiger partial charge >= 0.3 is 5.97 Å². The molecular formula is C51H57ClN6O5. The molecular weight excluding hydrogens is 812 g/mol. The summed E-state index contributed by atoms with van der Waals surface area (Å²) in [6.45, 7) is 7.43. The van der Waals surface area contributed by atoms with Crippen molar-refractivity contribution in [2.45, 2.75) is 88.5 Å². The first-order valence-electron chi connectivity index (χ1n) is 22.6. The van der Waals surface area contributed by atoms with Gasteiger partial charge in [-0.25, -0.2) is 14.8 Å². The third-order valence-corrected chi connectivity index (χ3v) is 14.7. The molecule has 0 unspecified atom stereocenters. The third-order valence-electron chi connectivity index (χ3n) is 14.4. The van der Waals surface area contributed by atoms with Crippen LogP contribution in [0.15, 0.2) is 91.3 Å². The van der Waals surface area contributed by atoms with Gasteiger partial charge in [0.1, 0.15) is 17.0 Å². The monoisotopic (exact) mass is 868 g/mol. The van der Waals surface area contributed by atoms with Crippen molar-refractivity contribution in [3.05, 3.63) is 124 Å². The van der Waals surface area contributed by atoms with E-state index in [1.807, 2.05) is 65.7 Å². The molecule has 0 radical (unpaired) electrons. The maximum absolute atomic E-state index is 14.4. The van der Waals surface area contributed by atoms with Crippen molar-refractivity contribution in [2.75, 3.05) is 50.1 Å². The number of halogens is 1. The molecule has 0 bridgehead atoms. The molecule has 2 aromatic heterocycles. The topological polar surface area (TPSA) is 130 Å². The number of carbonyl (C=O) groups is 2. The van der Waals surface area contributed by atoms with Gasteiger partial charge in [-0.05, 0) is 147 Å². The molecule has 11 nitrogen and oxygen atoms in total. The number of aryl methyl sites for hydroxylation is 1. The van der Waals surface area contributed by atoms with Crippen LogP contribution in [0.4, 0.5) is 11.6 Å². The van der Waals surface area contributed by atoms with E-state index in [2.05, 4.69) is 46.2 Å². The number of rotatable bonds is 12. The van der Waals surface area contributed by atoms with Crippen LogP contribution in [-0.2, 0) is 23.1 Å². The van der Waals surface area contributed by atoms with Crippen LogP contribution in [0.25, 0.3) is 11.3 Å². The van der Waals surface area contributed by atoms with E-state index >= 15 is 0 Å². The van der Waals surface area contributed by atoms with Crippen LogP contribution in [0.1, 0.15) is 97.5 Å². The van der Waals surface area contributed by atoms with Crippen LogP contribution >= 0.6 is 11.6 Å². The van der Waals surface area contributed by atoms with Gasteiger partial charge in [0, 0.05) is 71.7 Å². The molecule has 9 rings (SSSR count). The molecule has 1 saturated carbocycles. The van der Waals surface area contributed by atoms with Crippen LogP contribution < -0.4 is 19.7 Å². The number of carboxylic acid groups (broad SMARTS) is 1. The molecule has 12 heteroatoms. The zero-order valence-corrected chi connectivity index (χ0v) is 37.2. The van der Waals surface area contributed by atoms with Gasteiger partial charge in [-0.1, -0.05) is 49.7 Å². The molecule has 1 saturated heterocycles. The minimum atomic E-state index is -1.14. The van der Waals surface area contributed by atoms with Gasteiger partial charge in [0.2, 0.25) is 5.95 Å². The number of methoxy groups -OCH3 is 1. The molecule has 328 valence electrons. The predicted molar refractivity (Wildman–Crippen MR) is 246 cm³/mol. The molecule has 1 amide bonds. The van der Waals surface area contributed by atoms with E-state index in [9.17, 15) is 14.7 Å². The molecule has 3 aromatic carbocycles. The van der Waals surface area contributed by atoms with Gasteiger partial charge in [0.15, 0.2) is 0 Å². The maximum Gasteiger partial charge on any atom is 0.329 e. The number of amides is 1. The second-order valence-electron chi connectivity index (χ2n) is 18.3. The Bertz CT molecular complexity index is 2480. The summed E-state index contributed by atoms with van der Waals surface area (Å²) in [5.74, 6) is 2.42. The lowest BCUT2D eigenvalue weighted by Gasteiger charge is -2.47. The Labute approximate surface area is 375 Å². The number of hydrogen-bond donors (Lipinski definition) is 2. The highest BCUT2D eigenvalue weighted by Gasteiger charge is 2.54. The van der Waals surface area contributed by atoms with Crippen LogP contribution in [0.2, 0.25) is 5.02 Å². The van der Waals surface area contributed by atoms with E-state index in [0.29, 0.717) is 86.6 Å². The lowest BCUT2D eigenvalue weighted by molar-refractivity contribution is -0.144. The van der Waals surface area contributed by atoms with Crippen LogP contribution in [0.5, 0.6) is 11.5 Å². The van der Waals surface area contributed by atoms with Crippen LogP contribution in [0.3, 0.4) is 0 Å². The summed E-state index contributed by atoms with van der Waals surface area (Å²) in [6.07, 6.45) is 11.0. The number of carboxylic acids is 1. The number of nitrogens with one attached hydrogen (secondary N) is 1. The van der Waals surface area contributed by atoms with Crippen LogP contribution in [-0.4, -0.2) is 82.3 Å². The molecule has 2 N–H and O–H groups in total. The van der Waals surface area contributed by atoms with Crippen molar-refractivity contribution in [3.63, 3.8) is 0 Å². The van der Waals surface area contributed by atoms with Crippen molar-refractivity contribution in [2.24, 2.45) is 11.8 Å². The van der Waals surface area contributed by atoms with E-state index in [1.54, 1.807) is 25.4 Å². The number of hydrogen-bond acceptors (Lipinski definition) is 9. The summed E-state index contributed by atoms with van der Waals surface area (Å²) in [4.78, 5) is 45.8. The number of aromatic nitrogens is 3. The number of benzene rings is 3. The number of anilines is 2. The predicted octanol–water partition coefficient (Wildman–Crippen LogP) is 9.63. The molecule has 1 spiro atoms. The highest BCUT2D eigenvalue weighted by atomic mass is 35.5. The first-order chi connectivity index (χ1) is 30.6. The van der Waals surface area contributed by atoms with Crippen molar-refractivity contribution in [1.29, 1.82) is 0 Å². The average molecular weight is 870 g/mol. The quantitative estimate of drug-likeness (QED) is 0.125. The maximum atomic E-state index is 14.4. The number of para-hydroxylation sites is 1. The summed E-state index contributed by atoms with van der Waals surface area (Å²) in [5, 5.41) is 14.8. The minimum Gasteiger partial charge on any atom is -0.496 e. The number of fused-ring (bicyclic) bond motifs is 3. The SMILES string of the molecule is COc1ccccc1-c1ccnc(N2CCN(C(=O)c3ccc4c(c3)C3(CCC(Nc5cccc(Cl)c5)(C(=O)O)CC3)[C@@H](C[C@@H](C)COc3ccnc5c3[C@H](C)CCC5)C4)CC2)n1. The summed E-state index contributed by atoms with van der Waals surface area (Å²) >= 11 is 6.34. The number of piperazine rings is 1. The molecule has 2 fully saturated rings. The van der Waals surface area contributed by atoms with E-state index in [-0.39, 0.29) is 23.2 Å². The summed E-state index contributed by atoms with van der Waals surface area (Å²) in [5.41, 5.74) is 6.51. The van der Waals surface area contributed by atoms with Gasteiger partial charge in [-0.3, -0.25) is 9.78 Å². The molecule has 3 atom stereocenters. The molecule has 1 aliphatic heterocycles. The van der Waals surface area contributed by atoms with Gasteiger partial charge in [0.25, 0.3) is 5.91 Å². The Kier molecular flexibility index (Phi) is 12.1. The second-order valence-corrected chi connectivity index (χ2v) is 18.7. The smallest absolute Gasteiger partial charge is 0.329 e. The fourth-order valence-electron chi connectivity index (χ4n) is 11.0. The Hall–Kier alpha value is -5.68. The van der Waals surface area contributed by atoms with Gasteiger partial charge in [0.05, 0.1) is 19.4 Å². The second kappa shape index (κ2) is 17.8. The number of pyridine rings is 1. The largest absolute Gasteiger partial charge is 0.496 e. The first-order valence-corrected chi connectivity index (χ1v) is 23.0. The zero-order chi connectivity index (χ0) is 43.7. The number of ether oxygens (including phenoxy) is 2. The Morgan fingerprint density at radius 2 is 1.73 bits per heavy atom. The summed E-state index contributed by atoms with van der Waals surface area (Å²) in [6, 6.07) is 25.3. The molecule has 5 aromatic rings. The zero-order valence-electron chi connectivity index (χ0n) is 36.5. The summed E-state index contributed by atoms with van der Waals surface area (Å²) in [7, 11) is 1.66. The van der Waals surface area contributed by atoms with E-state index < -0.39 is 11.5 Å². The fourth-order valence-corrected chi connectivity index (χ4v) is 11.2. The van der Waals surface area contributed by atoms with Crippen LogP contribution in [0, 0.1) is 11.8 Å². The van der Waals surface area contributed by atoms with Crippen molar-refractivity contribution in [1.82, 2.24) is 19.9 Å². The fraction of sp³-hybridized carbons (Fsp3) is 0.431. The molecule has 3 heterocycles. The molecule has 63 heavy (non-hydrogen) atoms. The van der Waals surface area contributed by atoms with E-state index in [1.165, 1.54) is 16.7 Å². The first kappa shape index (κ1) is 42.6. The Morgan fingerprint density at radius 1 is 0.937 bits per heavy atom.